The molecule has 1 atom stereocenters. The van der Waals surface area contributed by atoms with E-state index in [0.717, 1.165) is 18.7 Å². The third-order valence-corrected chi connectivity index (χ3v) is 3.39. The minimum atomic E-state index is 0.778. The van der Waals surface area contributed by atoms with Gasteiger partial charge in [-0.2, -0.15) is 0 Å². The molecule has 88 valence electrons. The standard InChI is InChI=1S/C12H24N2O/c1-15-9-3-2-7-14-8-6-12(10-14)13-11-4-5-11/h11-13H,2-10H2,1H3. The second kappa shape index (κ2) is 5.83. The Bertz CT molecular complexity index is 182. The van der Waals surface area contributed by atoms with Gasteiger partial charge in [-0.3, -0.25) is 0 Å². The predicted molar refractivity (Wildman–Crippen MR) is 62.1 cm³/mol. The predicted octanol–water partition coefficient (Wildman–Crippen LogP) is 1.24. The lowest BCUT2D eigenvalue weighted by Crippen LogP contribution is -2.34. The smallest absolute Gasteiger partial charge is 0.0462 e. The van der Waals surface area contributed by atoms with Crippen LogP contribution in [0.4, 0.5) is 0 Å². The van der Waals surface area contributed by atoms with Crippen molar-refractivity contribution in [2.24, 2.45) is 0 Å². The molecule has 0 radical (unpaired) electrons. The van der Waals surface area contributed by atoms with Crippen molar-refractivity contribution in [2.75, 3.05) is 33.4 Å². The highest BCUT2D eigenvalue weighted by atomic mass is 16.5. The maximum atomic E-state index is 5.06. The zero-order valence-electron chi connectivity index (χ0n) is 9.87. The highest BCUT2D eigenvalue weighted by Crippen LogP contribution is 2.21. The Labute approximate surface area is 93.2 Å². The van der Waals surface area contributed by atoms with Crippen LogP contribution in [0.25, 0.3) is 0 Å². The van der Waals surface area contributed by atoms with E-state index in [4.69, 9.17) is 4.74 Å². The minimum Gasteiger partial charge on any atom is -0.385 e. The van der Waals surface area contributed by atoms with E-state index in [1.54, 1.807) is 7.11 Å². The van der Waals surface area contributed by atoms with E-state index in [-0.39, 0.29) is 0 Å². The number of rotatable bonds is 7. The molecule has 2 aliphatic rings. The fraction of sp³-hybridized carbons (Fsp3) is 1.00. The third-order valence-electron chi connectivity index (χ3n) is 3.39. The van der Waals surface area contributed by atoms with Gasteiger partial charge in [-0.15, -0.1) is 0 Å². The fourth-order valence-electron chi connectivity index (χ4n) is 2.34. The first kappa shape index (κ1) is 11.4. The quantitative estimate of drug-likeness (QED) is 0.643. The second-order valence-electron chi connectivity index (χ2n) is 4.93. The lowest BCUT2D eigenvalue weighted by Gasteiger charge is -2.16. The van der Waals surface area contributed by atoms with Gasteiger partial charge in [0.05, 0.1) is 0 Å². The summed E-state index contributed by atoms with van der Waals surface area (Å²) >= 11 is 0. The molecule has 1 heterocycles. The fourth-order valence-corrected chi connectivity index (χ4v) is 2.34. The van der Waals surface area contributed by atoms with E-state index in [1.807, 2.05) is 0 Å². The topological polar surface area (TPSA) is 24.5 Å². The molecule has 0 spiro atoms. The molecule has 1 saturated carbocycles. The van der Waals surface area contributed by atoms with Crippen LogP contribution >= 0.6 is 0 Å². The summed E-state index contributed by atoms with van der Waals surface area (Å²) in [5.74, 6) is 0. The van der Waals surface area contributed by atoms with Gasteiger partial charge in [0, 0.05) is 32.3 Å². The normalized spacial score (nSPS) is 27.4. The monoisotopic (exact) mass is 212 g/mol. The van der Waals surface area contributed by atoms with E-state index in [0.29, 0.717) is 0 Å². The van der Waals surface area contributed by atoms with E-state index < -0.39 is 0 Å². The zero-order chi connectivity index (χ0) is 10.5. The van der Waals surface area contributed by atoms with Gasteiger partial charge in [0.2, 0.25) is 0 Å². The van der Waals surface area contributed by atoms with Gasteiger partial charge >= 0.3 is 0 Å². The van der Waals surface area contributed by atoms with Crippen LogP contribution in [0.15, 0.2) is 0 Å². The maximum Gasteiger partial charge on any atom is 0.0462 e. The van der Waals surface area contributed by atoms with Gasteiger partial charge < -0.3 is 15.0 Å². The van der Waals surface area contributed by atoms with Crippen molar-refractivity contribution in [1.29, 1.82) is 0 Å². The molecule has 0 aromatic rings. The maximum absolute atomic E-state index is 5.06. The van der Waals surface area contributed by atoms with Crippen molar-refractivity contribution in [3.63, 3.8) is 0 Å². The van der Waals surface area contributed by atoms with E-state index in [1.165, 1.54) is 51.7 Å². The molecule has 0 aromatic heterocycles. The molecule has 3 heteroatoms. The number of likely N-dealkylation sites (tertiary alicyclic amines) is 1. The number of hydrogen-bond acceptors (Lipinski definition) is 3. The van der Waals surface area contributed by atoms with Crippen molar-refractivity contribution in [3.8, 4) is 0 Å². The van der Waals surface area contributed by atoms with Crippen LogP contribution in [-0.4, -0.2) is 50.3 Å². The molecule has 1 unspecified atom stereocenters. The van der Waals surface area contributed by atoms with Crippen molar-refractivity contribution in [2.45, 2.75) is 44.2 Å². The Kier molecular flexibility index (Phi) is 4.42. The first-order chi connectivity index (χ1) is 7.38. The molecular formula is C12H24N2O. The molecule has 2 fully saturated rings. The number of nitrogens with one attached hydrogen (secondary N) is 1. The highest BCUT2D eigenvalue weighted by molar-refractivity contribution is 4.89. The third kappa shape index (κ3) is 4.09. The Morgan fingerprint density at radius 3 is 2.80 bits per heavy atom. The van der Waals surface area contributed by atoms with Gasteiger partial charge in [0.15, 0.2) is 0 Å². The van der Waals surface area contributed by atoms with Gasteiger partial charge in [0.1, 0.15) is 0 Å². The summed E-state index contributed by atoms with van der Waals surface area (Å²) in [6.45, 7) is 4.73. The molecule has 3 nitrogen and oxygen atoms in total. The van der Waals surface area contributed by atoms with Gasteiger partial charge in [-0.05, 0) is 45.2 Å². The number of ether oxygens (including phenoxy) is 1. The Balaban J connectivity index is 1.51. The van der Waals surface area contributed by atoms with Crippen molar-refractivity contribution in [3.05, 3.63) is 0 Å². The molecule has 2 rings (SSSR count). The lowest BCUT2D eigenvalue weighted by atomic mass is 10.2. The molecule has 0 bridgehead atoms. The molecule has 1 saturated heterocycles. The lowest BCUT2D eigenvalue weighted by molar-refractivity contribution is 0.187. The largest absolute Gasteiger partial charge is 0.385 e. The number of nitrogens with zero attached hydrogens (tertiary/aromatic N) is 1. The van der Waals surface area contributed by atoms with Crippen LogP contribution in [0.3, 0.4) is 0 Å². The van der Waals surface area contributed by atoms with Crippen LogP contribution in [0.5, 0.6) is 0 Å². The van der Waals surface area contributed by atoms with Gasteiger partial charge in [-0.25, -0.2) is 0 Å². The highest BCUT2D eigenvalue weighted by Gasteiger charge is 2.28. The summed E-state index contributed by atoms with van der Waals surface area (Å²) in [6.07, 6.45) is 6.65. The Morgan fingerprint density at radius 2 is 2.07 bits per heavy atom. The van der Waals surface area contributed by atoms with Gasteiger partial charge in [-0.1, -0.05) is 0 Å². The Hall–Kier alpha value is -0.120. The zero-order valence-corrected chi connectivity index (χ0v) is 9.87. The van der Waals surface area contributed by atoms with E-state index in [9.17, 15) is 0 Å². The number of hydrogen-bond donors (Lipinski definition) is 1. The SMILES string of the molecule is COCCCCN1CCC(NC2CC2)C1. The molecule has 0 amide bonds. The molecule has 15 heavy (non-hydrogen) atoms. The van der Waals surface area contributed by atoms with Crippen LogP contribution in [0.2, 0.25) is 0 Å². The average Bonchev–Trinajstić information content (AvgIpc) is 2.93. The first-order valence-electron chi connectivity index (χ1n) is 6.36. The summed E-state index contributed by atoms with van der Waals surface area (Å²) < 4.78 is 5.06. The summed E-state index contributed by atoms with van der Waals surface area (Å²) in [6, 6.07) is 1.64. The molecular weight excluding hydrogens is 188 g/mol. The summed E-state index contributed by atoms with van der Waals surface area (Å²) in [5.41, 5.74) is 0. The van der Waals surface area contributed by atoms with Crippen LogP contribution < -0.4 is 5.32 Å². The van der Waals surface area contributed by atoms with Crippen LogP contribution in [0.1, 0.15) is 32.1 Å². The van der Waals surface area contributed by atoms with Gasteiger partial charge in [0.25, 0.3) is 0 Å². The molecule has 1 aliphatic heterocycles. The first-order valence-corrected chi connectivity index (χ1v) is 6.36. The summed E-state index contributed by atoms with van der Waals surface area (Å²) in [5, 5.41) is 3.72. The van der Waals surface area contributed by atoms with Crippen LogP contribution in [-0.2, 0) is 4.74 Å². The van der Waals surface area contributed by atoms with Crippen molar-refractivity contribution >= 4 is 0 Å². The average molecular weight is 212 g/mol. The Morgan fingerprint density at radius 1 is 1.20 bits per heavy atom. The summed E-state index contributed by atoms with van der Waals surface area (Å²) in [4.78, 5) is 2.59. The number of methoxy groups -OCH3 is 1. The second-order valence-corrected chi connectivity index (χ2v) is 4.93. The molecule has 1 aliphatic carbocycles. The minimum absolute atomic E-state index is 0.778. The molecule has 1 N–H and O–H groups in total. The number of unbranched alkanes of at least 4 members (excludes halogenated alkanes) is 1. The summed E-state index contributed by atoms with van der Waals surface area (Å²) in [7, 11) is 1.78. The van der Waals surface area contributed by atoms with E-state index in [2.05, 4.69) is 10.2 Å². The van der Waals surface area contributed by atoms with Crippen molar-refractivity contribution < 1.29 is 4.74 Å². The van der Waals surface area contributed by atoms with Crippen LogP contribution in [0, 0.1) is 0 Å². The van der Waals surface area contributed by atoms with E-state index >= 15 is 0 Å². The molecule has 0 aromatic carbocycles. The van der Waals surface area contributed by atoms with Crippen molar-refractivity contribution in [1.82, 2.24) is 10.2 Å².